The van der Waals surface area contributed by atoms with Crippen molar-refractivity contribution in [3.63, 3.8) is 0 Å². The average molecular weight is 402 g/mol. The fourth-order valence-electron chi connectivity index (χ4n) is 3.20. The van der Waals surface area contributed by atoms with Gasteiger partial charge in [-0.1, -0.05) is 35.3 Å². The summed E-state index contributed by atoms with van der Waals surface area (Å²) in [6.07, 6.45) is 0.873. The first-order chi connectivity index (χ1) is 12.2. The van der Waals surface area contributed by atoms with Crippen LogP contribution in [0.3, 0.4) is 0 Å². The molecule has 1 aliphatic carbocycles. The van der Waals surface area contributed by atoms with Crippen molar-refractivity contribution >= 4 is 40.6 Å². The van der Waals surface area contributed by atoms with Gasteiger partial charge in [-0.2, -0.15) is 0 Å². The first-order valence-corrected chi connectivity index (χ1v) is 8.63. The molecule has 0 spiro atoms. The molecule has 9 heteroatoms. The number of nitro groups is 1. The van der Waals surface area contributed by atoms with Gasteiger partial charge in [-0.15, -0.1) is 0 Å². The predicted octanol–water partition coefficient (Wildman–Crippen LogP) is 3.26. The van der Waals surface area contributed by atoms with Crippen molar-refractivity contribution in [3.05, 3.63) is 50.5 Å². The molecule has 3 atom stereocenters. The molecule has 1 aliphatic rings. The SMILES string of the molecule is CCOC(=O)[C@H]1C(=O)C[C@@](O)(c2cccc([N+](=O)[O-])c2)C[C@@H]1C=C(Cl)Cl. The summed E-state index contributed by atoms with van der Waals surface area (Å²) in [5.74, 6) is -3.19. The van der Waals surface area contributed by atoms with Gasteiger partial charge in [0.1, 0.15) is 10.4 Å². The number of nitrogens with zero attached hydrogens (tertiary/aromatic N) is 1. The number of esters is 1. The van der Waals surface area contributed by atoms with E-state index in [0.717, 1.165) is 0 Å². The molecular weight excluding hydrogens is 385 g/mol. The van der Waals surface area contributed by atoms with Gasteiger partial charge >= 0.3 is 5.97 Å². The largest absolute Gasteiger partial charge is 0.465 e. The number of hydrogen-bond donors (Lipinski definition) is 1. The summed E-state index contributed by atoms with van der Waals surface area (Å²) >= 11 is 11.4. The molecule has 1 saturated carbocycles. The molecule has 0 aliphatic heterocycles. The Balaban J connectivity index is 2.43. The van der Waals surface area contributed by atoms with Crippen molar-refractivity contribution < 1.29 is 24.4 Å². The van der Waals surface area contributed by atoms with E-state index in [4.69, 9.17) is 27.9 Å². The third-order valence-electron chi connectivity index (χ3n) is 4.29. The van der Waals surface area contributed by atoms with Crippen LogP contribution in [0.25, 0.3) is 0 Å². The van der Waals surface area contributed by atoms with Gasteiger partial charge in [0.15, 0.2) is 5.78 Å². The van der Waals surface area contributed by atoms with Gasteiger partial charge in [0.25, 0.3) is 5.69 Å². The molecule has 0 amide bonds. The minimum Gasteiger partial charge on any atom is -0.465 e. The van der Waals surface area contributed by atoms with E-state index in [0.29, 0.717) is 0 Å². The molecule has 0 saturated heterocycles. The molecule has 1 aromatic rings. The van der Waals surface area contributed by atoms with Gasteiger partial charge in [-0.3, -0.25) is 19.7 Å². The molecule has 1 N–H and O–H groups in total. The van der Waals surface area contributed by atoms with Crippen LogP contribution < -0.4 is 0 Å². The van der Waals surface area contributed by atoms with E-state index in [1.807, 2.05) is 0 Å². The molecule has 0 aromatic heterocycles. The van der Waals surface area contributed by atoms with Gasteiger partial charge < -0.3 is 9.84 Å². The summed E-state index contributed by atoms with van der Waals surface area (Å²) < 4.78 is 4.79. The number of Topliss-reactive ketones (excluding diaryl/α,β-unsaturated/α-hetero) is 1. The Bertz CT molecular complexity index is 761. The highest BCUT2D eigenvalue weighted by Crippen LogP contribution is 2.43. The fourth-order valence-corrected chi connectivity index (χ4v) is 3.52. The maximum absolute atomic E-state index is 12.6. The van der Waals surface area contributed by atoms with Crippen LogP contribution in [-0.4, -0.2) is 28.4 Å². The first kappa shape index (κ1) is 20.4. The molecule has 0 radical (unpaired) electrons. The third-order valence-corrected chi connectivity index (χ3v) is 4.54. The quantitative estimate of drug-likeness (QED) is 0.351. The highest BCUT2D eigenvalue weighted by molar-refractivity contribution is 6.55. The number of rotatable bonds is 5. The van der Waals surface area contributed by atoms with Crippen LogP contribution >= 0.6 is 23.2 Å². The Labute approximate surface area is 159 Å². The molecule has 0 unspecified atom stereocenters. The fraction of sp³-hybridized carbons (Fsp3) is 0.412. The van der Waals surface area contributed by atoms with Crippen molar-refractivity contribution in [3.8, 4) is 0 Å². The maximum atomic E-state index is 12.6. The highest BCUT2D eigenvalue weighted by atomic mass is 35.5. The number of nitro benzene ring substituents is 1. The Morgan fingerprint density at radius 2 is 2.19 bits per heavy atom. The molecule has 0 heterocycles. The Morgan fingerprint density at radius 3 is 2.77 bits per heavy atom. The molecule has 0 bridgehead atoms. The number of non-ortho nitro benzene ring substituents is 1. The van der Waals surface area contributed by atoms with E-state index < -0.39 is 34.1 Å². The number of aliphatic hydroxyl groups is 1. The van der Waals surface area contributed by atoms with Crippen LogP contribution in [-0.2, 0) is 19.9 Å². The van der Waals surface area contributed by atoms with Gasteiger partial charge in [-0.25, -0.2) is 0 Å². The second-order valence-electron chi connectivity index (χ2n) is 6.04. The zero-order valence-corrected chi connectivity index (χ0v) is 15.4. The van der Waals surface area contributed by atoms with Crippen molar-refractivity contribution in [2.75, 3.05) is 6.61 Å². The lowest BCUT2D eigenvalue weighted by atomic mass is 9.68. The summed E-state index contributed by atoms with van der Waals surface area (Å²) in [6.45, 7) is 1.72. The van der Waals surface area contributed by atoms with Crippen LogP contribution in [0.15, 0.2) is 34.8 Å². The lowest BCUT2D eigenvalue weighted by Crippen LogP contribution is -2.45. The number of benzene rings is 1. The lowest BCUT2D eigenvalue weighted by molar-refractivity contribution is -0.385. The number of ether oxygens (including phenoxy) is 1. The van der Waals surface area contributed by atoms with Gasteiger partial charge in [0.2, 0.25) is 0 Å². The second kappa shape index (κ2) is 8.16. The van der Waals surface area contributed by atoms with Gasteiger partial charge in [0, 0.05) is 24.5 Å². The lowest BCUT2D eigenvalue weighted by Gasteiger charge is -2.38. The second-order valence-corrected chi connectivity index (χ2v) is 7.04. The van der Waals surface area contributed by atoms with E-state index in [1.54, 1.807) is 6.92 Å². The van der Waals surface area contributed by atoms with E-state index in [2.05, 4.69) is 0 Å². The van der Waals surface area contributed by atoms with Crippen molar-refractivity contribution in [2.24, 2.45) is 11.8 Å². The zero-order chi connectivity index (χ0) is 19.5. The van der Waals surface area contributed by atoms with Crippen molar-refractivity contribution in [1.29, 1.82) is 0 Å². The molecule has 7 nitrogen and oxygen atoms in total. The van der Waals surface area contributed by atoms with Crippen LogP contribution in [0.4, 0.5) is 5.69 Å². The highest BCUT2D eigenvalue weighted by Gasteiger charge is 2.48. The van der Waals surface area contributed by atoms with E-state index in [-0.39, 0.29) is 35.2 Å². The minimum atomic E-state index is -1.68. The topological polar surface area (TPSA) is 107 Å². The average Bonchev–Trinajstić information content (AvgIpc) is 2.54. The predicted molar refractivity (Wildman–Crippen MR) is 94.6 cm³/mol. The maximum Gasteiger partial charge on any atom is 0.317 e. The third kappa shape index (κ3) is 4.41. The summed E-state index contributed by atoms with van der Waals surface area (Å²) in [5.41, 5.74) is -1.68. The molecule has 2 rings (SSSR count). The van der Waals surface area contributed by atoms with Crippen LogP contribution in [0.5, 0.6) is 0 Å². The Hall–Kier alpha value is -1.96. The molecule has 1 aromatic carbocycles. The molecule has 26 heavy (non-hydrogen) atoms. The first-order valence-electron chi connectivity index (χ1n) is 7.87. The number of hydrogen-bond acceptors (Lipinski definition) is 6. The number of halogens is 2. The number of carbonyl (C=O) groups is 2. The van der Waals surface area contributed by atoms with Crippen LogP contribution in [0.2, 0.25) is 0 Å². The van der Waals surface area contributed by atoms with Gasteiger partial charge in [-0.05, 0) is 25.0 Å². The Morgan fingerprint density at radius 1 is 1.50 bits per heavy atom. The van der Waals surface area contributed by atoms with Crippen molar-refractivity contribution in [2.45, 2.75) is 25.4 Å². The molecule has 1 fully saturated rings. The number of allylic oxidation sites excluding steroid dienone is 1. The van der Waals surface area contributed by atoms with E-state index >= 15 is 0 Å². The Kier molecular flexibility index (Phi) is 6.39. The van der Waals surface area contributed by atoms with E-state index in [1.165, 1.54) is 30.3 Å². The summed E-state index contributed by atoms with van der Waals surface area (Å²) in [4.78, 5) is 35.1. The van der Waals surface area contributed by atoms with Gasteiger partial charge in [0.05, 0.1) is 17.1 Å². The van der Waals surface area contributed by atoms with Crippen molar-refractivity contribution in [1.82, 2.24) is 0 Å². The monoisotopic (exact) mass is 401 g/mol. The van der Waals surface area contributed by atoms with E-state index in [9.17, 15) is 24.8 Å². The minimum absolute atomic E-state index is 0.0632. The van der Waals surface area contributed by atoms with Crippen LogP contribution in [0.1, 0.15) is 25.3 Å². The number of carbonyl (C=O) groups excluding carboxylic acids is 2. The molecule has 140 valence electrons. The normalized spacial score (nSPS) is 25.5. The summed E-state index contributed by atoms with van der Waals surface area (Å²) in [7, 11) is 0. The standard InChI is InChI=1S/C17H17Cl2NO6/c1-2-26-16(22)15-10(6-14(18)19)8-17(23,9-13(15)21)11-4-3-5-12(7-11)20(24)25/h3-7,10,15,23H,2,8-9H2,1H3/t10-,15+,17+/m0/s1. The smallest absolute Gasteiger partial charge is 0.317 e. The summed E-state index contributed by atoms with van der Waals surface area (Å²) in [6, 6.07) is 5.41. The zero-order valence-electron chi connectivity index (χ0n) is 13.9. The molecular formula is C17H17Cl2NO6. The van der Waals surface area contributed by atoms with Crippen LogP contribution in [0, 0.1) is 22.0 Å². The summed E-state index contributed by atoms with van der Waals surface area (Å²) in [5, 5.41) is 22.0. The number of ketones is 1.